The SMILES string of the molecule is COc1ccc(C)cc1NC(=NCC1CCCO1)NC(=O)c1ccc(C(F)(F)F)cc1. The number of nitrogens with one attached hydrogen (secondary N) is 2. The van der Waals surface area contributed by atoms with Crippen LogP contribution in [0, 0.1) is 6.92 Å². The summed E-state index contributed by atoms with van der Waals surface area (Å²) in [5.74, 6) is 0.127. The van der Waals surface area contributed by atoms with Gasteiger partial charge in [0.15, 0.2) is 0 Å². The highest BCUT2D eigenvalue weighted by Crippen LogP contribution is 2.29. The number of benzene rings is 2. The third-order valence-corrected chi connectivity index (χ3v) is 4.79. The largest absolute Gasteiger partial charge is 0.495 e. The molecule has 1 saturated heterocycles. The zero-order valence-corrected chi connectivity index (χ0v) is 17.3. The van der Waals surface area contributed by atoms with Crippen molar-refractivity contribution in [1.82, 2.24) is 5.32 Å². The number of halogens is 3. The predicted octanol–water partition coefficient (Wildman–Crippen LogP) is 4.40. The lowest BCUT2D eigenvalue weighted by Gasteiger charge is -2.16. The Morgan fingerprint density at radius 2 is 1.97 bits per heavy atom. The molecule has 0 radical (unpaired) electrons. The third kappa shape index (κ3) is 6.21. The zero-order valence-electron chi connectivity index (χ0n) is 17.3. The number of hydrogen-bond donors (Lipinski definition) is 2. The molecule has 1 unspecified atom stereocenters. The second-order valence-corrected chi connectivity index (χ2v) is 7.18. The van der Waals surface area contributed by atoms with Gasteiger partial charge in [-0.3, -0.25) is 10.1 Å². The average molecular weight is 435 g/mol. The van der Waals surface area contributed by atoms with Gasteiger partial charge in [-0.25, -0.2) is 4.99 Å². The van der Waals surface area contributed by atoms with E-state index in [0.717, 1.165) is 42.7 Å². The number of aryl methyl sites for hydroxylation is 1. The minimum Gasteiger partial charge on any atom is -0.495 e. The van der Waals surface area contributed by atoms with Gasteiger partial charge >= 0.3 is 6.18 Å². The number of rotatable bonds is 5. The summed E-state index contributed by atoms with van der Waals surface area (Å²) in [6.45, 7) is 2.92. The summed E-state index contributed by atoms with van der Waals surface area (Å²) < 4.78 is 49.2. The molecular formula is C22H24F3N3O3. The van der Waals surface area contributed by atoms with Crippen LogP contribution in [0.3, 0.4) is 0 Å². The van der Waals surface area contributed by atoms with Gasteiger partial charge in [0.05, 0.1) is 31.0 Å². The number of carbonyl (C=O) groups is 1. The topological polar surface area (TPSA) is 71.9 Å². The van der Waals surface area contributed by atoms with Crippen LogP contribution in [-0.4, -0.2) is 38.2 Å². The summed E-state index contributed by atoms with van der Waals surface area (Å²) in [5, 5.41) is 5.70. The first-order chi connectivity index (χ1) is 14.8. The Bertz CT molecular complexity index is 937. The number of methoxy groups -OCH3 is 1. The molecule has 1 aliphatic heterocycles. The predicted molar refractivity (Wildman–Crippen MR) is 112 cm³/mol. The molecule has 0 spiro atoms. The first-order valence-corrected chi connectivity index (χ1v) is 9.82. The third-order valence-electron chi connectivity index (χ3n) is 4.79. The second kappa shape index (κ2) is 9.82. The maximum Gasteiger partial charge on any atom is 0.416 e. The fourth-order valence-electron chi connectivity index (χ4n) is 3.13. The van der Waals surface area contributed by atoms with E-state index in [2.05, 4.69) is 15.6 Å². The Morgan fingerprint density at radius 3 is 2.58 bits per heavy atom. The number of amides is 1. The van der Waals surface area contributed by atoms with Crippen LogP contribution in [-0.2, 0) is 10.9 Å². The van der Waals surface area contributed by atoms with Gasteiger partial charge in [0.2, 0.25) is 5.96 Å². The van der Waals surface area contributed by atoms with Gasteiger partial charge in [0.1, 0.15) is 5.75 Å². The number of hydrogen-bond acceptors (Lipinski definition) is 4. The van der Waals surface area contributed by atoms with Crippen molar-refractivity contribution in [2.45, 2.75) is 32.0 Å². The molecule has 1 aliphatic rings. The quantitative estimate of drug-likeness (QED) is 0.540. The molecule has 31 heavy (non-hydrogen) atoms. The number of alkyl halides is 3. The highest BCUT2D eigenvalue weighted by molar-refractivity contribution is 6.10. The first kappa shape index (κ1) is 22.6. The van der Waals surface area contributed by atoms with Crippen molar-refractivity contribution in [1.29, 1.82) is 0 Å². The number of guanidine groups is 1. The molecule has 0 aromatic heterocycles. The molecule has 2 aromatic carbocycles. The molecule has 2 aromatic rings. The molecule has 6 nitrogen and oxygen atoms in total. The first-order valence-electron chi connectivity index (χ1n) is 9.82. The van der Waals surface area contributed by atoms with Gasteiger partial charge < -0.3 is 14.8 Å². The van der Waals surface area contributed by atoms with Gasteiger partial charge in [-0.1, -0.05) is 6.07 Å². The van der Waals surface area contributed by atoms with E-state index in [0.29, 0.717) is 24.6 Å². The van der Waals surface area contributed by atoms with Crippen LogP contribution in [0.4, 0.5) is 18.9 Å². The molecule has 1 heterocycles. The molecule has 0 bridgehead atoms. The van der Waals surface area contributed by atoms with Crippen LogP contribution in [0.2, 0.25) is 0 Å². The maximum absolute atomic E-state index is 12.8. The van der Waals surface area contributed by atoms with Crippen LogP contribution in [0.15, 0.2) is 47.5 Å². The zero-order chi connectivity index (χ0) is 22.4. The Morgan fingerprint density at radius 1 is 1.23 bits per heavy atom. The standard InChI is InChI=1S/C22H24F3N3O3/c1-14-5-10-19(30-2)18(12-14)27-21(26-13-17-4-3-11-31-17)28-20(29)15-6-8-16(9-7-15)22(23,24)25/h5-10,12,17H,3-4,11,13H2,1-2H3,(H2,26,27,28,29). The van der Waals surface area contributed by atoms with Crippen LogP contribution in [0.1, 0.15) is 34.3 Å². The van der Waals surface area contributed by atoms with Crippen molar-refractivity contribution in [3.8, 4) is 5.75 Å². The maximum atomic E-state index is 12.8. The van der Waals surface area contributed by atoms with Gasteiger partial charge in [-0.05, 0) is 61.7 Å². The van der Waals surface area contributed by atoms with Crippen molar-refractivity contribution < 1.29 is 27.4 Å². The number of aliphatic imine (C=N–C) groups is 1. The number of anilines is 1. The Labute approximate surface area is 178 Å². The minimum absolute atomic E-state index is 0.0424. The van der Waals surface area contributed by atoms with E-state index in [1.807, 2.05) is 19.1 Å². The van der Waals surface area contributed by atoms with Crippen molar-refractivity contribution in [2.24, 2.45) is 4.99 Å². The summed E-state index contributed by atoms with van der Waals surface area (Å²) in [6.07, 6.45) is -2.69. The number of nitrogens with zero attached hydrogens (tertiary/aromatic N) is 1. The van der Waals surface area contributed by atoms with Crippen molar-refractivity contribution in [3.63, 3.8) is 0 Å². The molecule has 0 saturated carbocycles. The van der Waals surface area contributed by atoms with E-state index in [9.17, 15) is 18.0 Å². The second-order valence-electron chi connectivity index (χ2n) is 7.18. The van der Waals surface area contributed by atoms with Crippen LogP contribution in [0.5, 0.6) is 5.75 Å². The fourth-order valence-corrected chi connectivity index (χ4v) is 3.13. The summed E-state index contributed by atoms with van der Waals surface area (Å²) in [7, 11) is 1.53. The highest BCUT2D eigenvalue weighted by atomic mass is 19.4. The van der Waals surface area contributed by atoms with E-state index < -0.39 is 17.6 Å². The Hall–Kier alpha value is -3.07. The molecule has 9 heteroatoms. The van der Waals surface area contributed by atoms with Crippen LogP contribution in [0.25, 0.3) is 0 Å². The Kier molecular flexibility index (Phi) is 7.17. The van der Waals surface area contributed by atoms with Gasteiger partial charge in [0.25, 0.3) is 5.91 Å². The Balaban J connectivity index is 1.80. The van der Waals surface area contributed by atoms with Crippen LogP contribution < -0.4 is 15.4 Å². The molecule has 3 rings (SSSR count). The minimum atomic E-state index is -4.47. The lowest BCUT2D eigenvalue weighted by molar-refractivity contribution is -0.137. The fraction of sp³-hybridized carbons (Fsp3) is 0.364. The normalized spacial score (nSPS) is 16.8. The van der Waals surface area contributed by atoms with E-state index >= 15 is 0 Å². The summed E-state index contributed by atoms with van der Waals surface area (Å²) in [6, 6.07) is 9.50. The van der Waals surface area contributed by atoms with Crippen molar-refractivity contribution in [2.75, 3.05) is 25.6 Å². The molecule has 1 amide bonds. The molecule has 1 atom stereocenters. The summed E-state index contributed by atoms with van der Waals surface area (Å²) in [5.41, 5.74) is 0.826. The number of carbonyl (C=O) groups excluding carboxylic acids is 1. The van der Waals surface area contributed by atoms with E-state index in [4.69, 9.17) is 9.47 Å². The lowest BCUT2D eigenvalue weighted by atomic mass is 10.1. The molecule has 1 fully saturated rings. The highest BCUT2D eigenvalue weighted by Gasteiger charge is 2.30. The van der Waals surface area contributed by atoms with Crippen LogP contribution >= 0.6 is 0 Å². The van der Waals surface area contributed by atoms with Gasteiger partial charge in [0, 0.05) is 12.2 Å². The monoisotopic (exact) mass is 435 g/mol. The van der Waals surface area contributed by atoms with E-state index in [1.165, 1.54) is 7.11 Å². The summed E-state index contributed by atoms with van der Waals surface area (Å²) >= 11 is 0. The lowest BCUT2D eigenvalue weighted by Crippen LogP contribution is -2.37. The molecule has 2 N–H and O–H groups in total. The smallest absolute Gasteiger partial charge is 0.416 e. The van der Waals surface area contributed by atoms with Crippen molar-refractivity contribution >= 4 is 17.6 Å². The average Bonchev–Trinajstić information content (AvgIpc) is 3.25. The summed E-state index contributed by atoms with van der Waals surface area (Å²) in [4.78, 5) is 17.1. The number of ether oxygens (including phenoxy) is 2. The van der Waals surface area contributed by atoms with Crippen molar-refractivity contribution in [3.05, 3.63) is 59.2 Å². The van der Waals surface area contributed by atoms with E-state index in [-0.39, 0.29) is 17.6 Å². The van der Waals surface area contributed by atoms with Gasteiger partial charge in [-0.2, -0.15) is 13.2 Å². The molecular weight excluding hydrogens is 411 g/mol. The molecule has 166 valence electrons. The molecule has 0 aliphatic carbocycles. The van der Waals surface area contributed by atoms with Gasteiger partial charge in [-0.15, -0.1) is 0 Å². The van der Waals surface area contributed by atoms with E-state index in [1.54, 1.807) is 6.07 Å².